The Kier molecular flexibility index (Phi) is 9.99. The minimum Gasteiger partial charge on any atom is -0.504 e. The van der Waals surface area contributed by atoms with Gasteiger partial charge in [-0.3, -0.25) is 4.79 Å². The van der Waals surface area contributed by atoms with Gasteiger partial charge in [-0.05, 0) is 36.4 Å². The van der Waals surface area contributed by atoms with E-state index in [4.69, 9.17) is 38.2 Å². The average Bonchev–Trinajstić information content (AvgIpc) is 3.35. The van der Waals surface area contributed by atoms with Crippen LogP contribution in [-0.2, 0) is 42.9 Å². The van der Waals surface area contributed by atoms with Crippen molar-refractivity contribution in [3.8, 4) is 80.1 Å². The van der Waals surface area contributed by atoms with Crippen molar-refractivity contribution in [1.29, 1.82) is 0 Å². The van der Waals surface area contributed by atoms with Crippen LogP contribution in [0.3, 0.4) is 0 Å². The predicted octanol–water partition coefficient (Wildman–Crippen LogP) is -0.490. The lowest BCUT2D eigenvalue weighted by molar-refractivity contribution is -0.319. The second kappa shape index (κ2) is 15.3. The molecule has 7 atom stereocenters. The molecule has 354 valence electrons. The maximum atomic E-state index is 14.6. The zero-order chi connectivity index (χ0) is 49.2. The van der Waals surface area contributed by atoms with Crippen LogP contribution in [0.25, 0.3) is 11.1 Å². The fourth-order valence-electron chi connectivity index (χ4n) is 8.17. The third-order valence-corrected chi connectivity index (χ3v) is 11.3. The first-order chi connectivity index (χ1) is 32.0. The van der Waals surface area contributed by atoms with Crippen molar-refractivity contribution in [3.05, 3.63) is 69.8 Å². The number of benzene rings is 4. The van der Waals surface area contributed by atoms with E-state index >= 15 is 0 Å². The van der Waals surface area contributed by atoms with Crippen LogP contribution < -0.4 is 4.89 Å². The van der Waals surface area contributed by atoms with Crippen molar-refractivity contribution < 1.29 is 133 Å². The van der Waals surface area contributed by atoms with Gasteiger partial charge < -0.3 is 99.7 Å². The molecule has 0 saturated carbocycles. The minimum absolute atomic E-state index is 0.375. The maximum absolute atomic E-state index is 14.6. The Morgan fingerprint density at radius 1 is 0.588 bits per heavy atom. The van der Waals surface area contributed by atoms with Crippen LogP contribution >= 0.6 is 0 Å². The number of aromatic hydroxyl groups is 11. The summed E-state index contributed by atoms with van der Waals surface area (Å²) in [5.41, 5.74) is -8.21. The molecular formula is C41H28O27. The zero-order valence-electron chi connectivity index (χ0n) is 33.2. The van der Waals surface area contributed by atoms with Gasteiger partial charge in [0.05, 0.1) is 33.7 Å². The maximum Gasteiger partial charge on any atom is 0.340 e. The van der Waals surface area contributed by atoms with Crippen LogP contribution in [0.5, 0.6) is 69.0 Å². The minimum atomic E-state index is -3.61. The van der Waals surface area contributed by atoms with Crippen LogP contribution in [0.4, 0.5) is 0 Å². The van der Waals surface area contributed by atoms with E-state index < -0.39 is 204 Å². The molecule has 1 fully saturated rings. The molecule has 27 nitrogen and oxygen atoms in total. The van der Waals surface area contributed by atoms with Gasteiger partial charge in [0.1, 0.15) is 12.7 Å². The molecule has 1 aliphatic carbocycles. The van der Waals surface area contributed by atoms with Gasteiger partial charge >= 0.3 is 29.8 Å². The van der Waals surface area contributed by atoms with E-state index in [1.54, 1.807) is 0 Å². The first kappa shape index (κ1) is 44.3. The number of phenols is 11. The van der Waals surface area contributed by atoms with E-state index in [1.165, 1.54) is 0 Å². The number of carbonyl (C=O) groups is 6. The highest BCUT2D eigenvalue weighted by Gasteiger charge is 2.62. The summed E-state index contributed by atoms with van der Waals surface area (Å²) in [6.07, 6.45) is -14.3. The van der Waals surface area contributed by atoms with Gasteiger partial charge in [-0.2, -0.15) is 4.89 Å². The largest absolute Gasteiger partial charge is 0.504 e. The van der Waals surface area contributed by atoms with Gasteiger partial charge in [0.25, 0.3) is 0 Å². The summed E-state index contributed by atoms with van der Waals surface area (Å²) < 4.78 is 34.0. The molecule has 0 spiro atoms. The number of phenolic OH excluding ortho intramolecular Hbond substituents is 11. The lowest BCUT2D eigenvalue weighted by Crippen LogP contribution is -2.63. The number of carbonyl (C=O) groups excluding carboxylic acids is 6. The van der Waals surface area contributed by atoms with E-state index in [2.05, 4.69) is 0 Å². The monoisotopic (exact) mass is 952 g/mol. The molecular weight excluding hydrogens is 924 g/mol. The molecule has 9 rings (SSSR count). The lowest BCUT2D eigenvalue weighted by atomic mass is 9.74. The van der Waals surface area contributed by atoms with E-state index in [0.29, 0.717) is 36.4 Å². The molecule has 0 amide bonds. The summed E-state index contributed by atoms with van der Waals surface area (Å²) in [7, 11) is 0. The van der Waals surface area contributed by atoms with Crippen molar-refractivity contribution in [1.82, 2.24) is 0 Å². The van der Waals surface area contributed by atoms with Crippen LogP contribution in [-0.4, -0.2) is 151 Å². The predicted molar refractivity (Wildman–Crippen MR) is 204 cm³/mol. The van der Waals surface area contributed by atoms with Gasteiger partial charge in [-0.15, -0.1) is 0 Å². The standard InChI is InChI=1S/C41H28O27/c42-13-1-8(2-14(43)24(13)48)35(54)66-40-33-32-30(63-39(58)12-6-18(47)34-41(59,60)23(12)22-11(38(57)65-33)5-17(46)27(51)31(22)67-68-34)19(62-40)7-61-36(55)9-3-15(44)25(49)28(52)20(9)21-10(37(56)64-32)4-16(45)26(50)29(21)53/h1-6,19,23,30,32-34,40,42-46,48-53,59-60H,7H2. The van der Waals surface area contributed by atoms with E-state index in [-0.39, 0.29) is 0 Å². The fraction of sp³-hybridized carbons (Fsp3) is 0.220. The molecule has 0 aromatic heterocycles. The van der Waals surface area contributed by atoms with Crippen molar-refractivity contribution >= 4 is 35.6 Å². The third-order valence-electron chi connectivity index (χ3n) is 11.3. The smallest absolute Gasteiger partial charge is 0.340 e. The number of esters is 5. The van der Waals surface area contributed by atoms with Gasteiger partial charge in [-0.25, -0.2) is 24.0 Å². The van der Waals surface area contributed by atoms with Crippen molar-refractivity contribution in [2.24, 2.45) is 0 Å². The van der Waals surface area contributed by atoms with Crippen molar-refractivity contribution in [3.63, 3.8) is 0 Å². The Hall–Kier alpha value is -8.92. The summed E-state index contributed by atoms with van der Waals surface area (Å²) in [4.78, 5) is 94.8. The molecule has 27 heteroatoms. The molecule has 4 aromatic rings. The quantitative estimate of drug-likeness (QED) is 0.0396. The van der Waals surface area contributed by atoms with Gasteiger partial charge in [0, 0.05) is 16.7 Å². The van der Waals surface area contributed by atoms with Gasteiger partial charge in [0.2, 0.25) is 47.3 Å². The first-order valence-corrected chi connectivity index (χ1v) is 19.1. The molecule has 6 bridgehead atoms. The van der Waals surface area contributed by atoms with Gasteiger partial charge in [-0.1, -0.05) is 0 Å². The van der Waals surface area contributed by atoms with Gasteiger partial charge in [0.15, 0.2) is 64.0 Å². The molecule has 4 heterocycles. The number of aliphatic hydroxyl groups is 2. The highest BCUT2D eigenvalue weighted by molar-refractivity contribution is 6.09. The second-order valence-electron chi connectivity index (χ2n) is 15.4. The molecule has 7 unspecified atom stereocenters. The van der Waals surface area contributed by atoms with Crippen molar-refractivity contribution in [2.45, 2.75) is 48.5 Å². The number of hydrogen-bond donors (Lipinski definition) is 13. The van der Waals surface area contributed by atoms with E-state index in [9.17, 15) is 95.2 Å². The Morgan fingerprint density at radius 3 is 1.72 bits per heavy atom. The number of ketones is 1. The SMILES string of the molecule is O=C1OC2C3COC(=O)c4cc(O)c(O)c(O)c4-c4c(cc(O)c(O)c4O)C(=O)OC2C(OC(=O)c2cc(O)c(O)c4c2C2C1=CC(=O)C(OO4)C2(O)O)C(OC(=O)c1cc(O)c(O)c(O)c1)O3. The van der Waals surface area contributed by atoms with Crippen molar-refractivity contribution in [2.75, 3.05) is 6.61 Å². The first-order valence-electron chi connectivity index (χ1n) is 19.1. The highest BCUT2D eigenvalue weighted by atomic mass is 17.2. The third kappa shape index (κ3) is 6.59. The molecule has 1 saturated heterocycles. The summed E-state index contributed by atoms with van der Waals surface area (Å²) in [6, 6.07) is 2.41. The lowest BCUT2D eigenvalue weighted by Gasteiger charge is -2.44. The topological polar surface area (TPSA) is 439 Å². The molecule has 4 aromatic carbocycles. The molecule has 5 aliphatic rings. The molecule has 68 heavy (non-hydrogen) atoms. The molecule has 4 aliphatic heterocycles. The normalized spacial score (nSPS) is 24.8. The van der Waals surface area contributed by atoms with Crippen LogP contribution in [0.15, 0.2) is 42.0 Å². The van der Waals surface area contributed by atoms with Crippen LogP contribution in [0.1, 0.15) is 52.9 Å². The molecule has 0 radical (unpaired) electrons. The number of ether oxygens (including phenoxy) is 6. The summed E-state index contributed by atoms with van der Waals surface area (Å²) in [5.74, 6) is -31.3. The number of cyclic esters (lactones) is 1. The highest BCUT2D eigenvalue weighted by Crippen LogP contribution is 2.56. The van der Waals surface area contributed by atoms with E-state index in [0.717, 1.165) is 0 Å². The summed E-state index contributed by atoms with van der Waals surface area (Å²) in [5, 5.41) is 139. The number of rotatable bonds is 2. The summed E-state index contributed by atoms with van der Waals surface area (Å²) in [6.45, 7) is -1.29. The number of fused-ring (bicyclic) bond motifs is 4. The Labute approximate surface area is 373 Å². The Bertz CT molecular complexity index is 2980. The second-order valence-corrected chi connectivity index (χ2v) is 15.4. The van der Waals surface area contributed by atoms with Crippen LogP contribution in [0, 0.1) is 0 Å². The number of hydrogen-bond acceptors (Lipinski definition) is 27. The van der Waals surface area contributed by atoms with E-state index in [1.807, 2.05) is 0 Å². The molecule has 13 N–H and O–H groups in total. The average molecular weight is 953 g/mol. The summed E-state index contributed by atoms with van der Waals surface area (Å²) >= 11 is 0. The Balaban J connectivity index is 1.29. The Morgan fingerprint density at radius 2 is 1.10 bits per heavy atom. The van der Waals surface area contributed by atoms with Crippen LogP contribution in [0.2, 0.25) is 0 Å². The zero-order valence-corrected chi connectivity index (χ0v) is 33.2. The fourth-order valence-corrected chi connectivity index (χ4v) is 8.17.